The fourth-order valence-corrected chi connectivity index (χ4v) is 4.72. The van der Waals surface area contributed by atoms with E-state index in [-0.39, 0.29) is 12.4 Å². The second kappa shape index (κ2) is 16.8. The molecule has 0 aliphatic rings. The third-order valence-electron chi connectivity index (χ3n) is 6.99. The summed E-state index contributed by atoms with van der Waals surface area (Å²) in [5, 5.41) is 10.8. The molecule has 4 rings (SSSR count). The van der Waals surface area contributed by atoms with E-state index in [1.807, 2.05) is 103 Å². The second-order valence-electron chi connectivity index (χ2n) is 10.4. The van der Waals surface area contributed by atoms with Crippen molar-refractivity contribution in [1.29, 1.82) is 0 Å². The number of esters is 1. The molecule has 0 fully saturated rings. The standard InChI is InChI=1S/C37H40O7/c1-27(38)44-33(19-15-29-17-21-35(37(23-29)41-3)43-26-31-12-8-5-9-13-31)24-32(39)18-14-28-16-20-34(36(22-28)40-2)42-25-30-10-6-4-7-11-30/h4-14,16-18,20-23,32-33,39H,15,19,24-26H2,1-3H3/b18-14+/t32-,33-/m0/s1. The molecule has 0 radical (unpaired) electrons. The first-order valence-corrected chi connectivity index (χ1v) is 14.7. The molecule has 7 nitrogen and oxygen atoms in total. The monoisotopic (exact) mass is 596 g/mol. The van der Waals surface area contributed by atoms with Gasteiger partial charge in [-0.15, -0.1) is 0 Å². The molecule has 0 saturated carbocycles. The fourth-order valence-electron chi connectivity index (χ4n) is 4.72. The Morgan fingerprint density at radius 2 is 1.30 bits per heavy atom. The number of benzene rings is 4. The molecule has 4 aromatic rings. The largest absolute Gasteiger partial charge is 0.493 e. The summed E-state index contributed by atoms with van der Waals surface area (Å²) in [6.45, 7) is 2.25. The summed E-state index contributed by atoms with van der Waals surface area (Å²) in [7, 11) is 3.21. The summed E-state index contributed by atoms with van der Waals surface area (Å²) >= 11 is 0. The van der Waals surface area contributed by atoms with Crippen molar-refractivity contribution in [2.75, 3.05) is 14.2 Å². The van der Waals surface area contributed by atoms with E-state index in [0.717, 1.165) is 22.3 Å². The number of aliphatic hydroxyl groups excluding tert-OH is 1. The van der Waals surface area contributed by atoms with Crippen LogP contribution in [0.3, 0.4) is 0 Å². The predicted molar refractivity (Wildman–Crippen MR) is 171 cm³/mol. The third kappa shape index (κ3) is 10.2. The molecule has 230 valence electrons. The van der Waals surface area contributed by atoms with Crippen molar-refractivity contribution in [2.24, 2.45) is 0 Å². The summed E-state index contributed by atoms with van der Waals surface area (Å²) in [5.74, 6) is 2.14. The summed E-state index contributed by atoms with van der Waals surface area (Å²) in [4.78, 5) is 11.8. The Hall–Kier alpha value is -4.75. The minimum absolute atomic E-state index is 0.265. The van der Waals surface area contributed by atoms with Crippen molar-refractivity contribution in [1.82, 2.24) is 0 Å². The minimum Gasteiger partial charge on any atom is -0.493 e. The van der Waals surface area contributed by atoms with Crippen molar-refractivity contribution in [3.8, 4) is 23.0 Å². The molecular formula is C37H40O7. The lowest BCUT2D eigenvalue weighted by Crippen LogP contribution is -2.22. The molecule has 7 heteroatoms. The van der Waals surface area contributed by atoms with Gasteiger partial charge in [-0.1, -0.05) is 84.9 Å². The number of methoxy groups -OCH3 is 2. The summed E-state index contributed by atoms with van der Waals surface area (Å²) < 4.78 is 28.5. The minimum atomic E-state index is -0.817. The Morgan fingerprint density at radius 1 is 0.727 bits per heavy atom. The van der Waals surface area contributed by atoms with Crippen LogP contribution in [0.15, 0.2) is 103 Å². The van der Waals surface area contributed by atoms with Gasteiger partial charge in [-0.3, -0.25) is 4.79 Å². The molecule has 0 aromatic heterocycles. The van der Waals surface area contributed by atoms with Crippen molar-refractivity contribution in [3.05, 3.63) is 125 Å². The van der Waals surface area contributed by atoms with Gasteiger partial charge in [0.25, 0.3) is 0 Å². The summed E-state index contributed by atoms with van der Waals surface area (Å²) in [6.07, 6.45) is 3.67. The summed E-state index contributed by atoms with van der Waals surface area (Å²) in [6, 6.07) is 31.3. The van der Waals surface area contributed by atoms with Crippen LogP contribution in [0.5, 0.6) is 23.0 Å². The van der Waals surface area contributed by atoms with E-state index < -0.39 is 12.2 Å². The van der Waals surface area contributed by atoms with Crippen LogP contribution in [0.2, 0.25) is 0 Å². The molecule has 0 aliphatic carbocycles. The molecule has 1 N–H and O–H groups in total. The molecule has 0 saturated heterocycles. The molecule has 44 heavy (non-hydrogen) atoms. The normalized spacial score (nSPS) is 12.4. The van der Waals surface area contributed by atoms with Gasteiger partial charge in [0.15, 0.2) is 23.0 Å². The molecule has 0 spiro atoms. The van der Waals surface area contributed by atoms with Crippen molar-refractivity contribution in [3.63, 3.8) is 0 Å². The molecule has 0 aliphatic heterocycles. The Kier molecular flexibility index (Phi) is 12.3. The quantitative estimate of drug-likeness (QED) is 0.137. The predicted octanol–water partition coefficient (Wildman–Crippen LogP) is 7.19. The van der Waals surface area contributed by atoms with Crippen LogP contribution < -0.4 is 18.9 Å². The van der Waals surface area contributed by atoms with Gasteiger partial charge in [-0.2, -0.15) is 0 Å². The van der Waals surface area contributed by atoms with E-state index >= 15 is 0 Å². The number of hydrogen-bond acceptors (Lipinski definition) is 7. The van der Waals surface area contributed by atoms with E-state index in [4.69, 9.17) is 23.7 Å². The molecule has 0 unspecified atom stereocenters. The van der Waals surface area contributed by atoms with E-state index in [2.05, 4.69) is 0 Å². The number of aliphatic hydroxyl groups is 1. The first-order chi connectivity index (χ1) is 21.4. The lowest BCUT2D eigenvalue weighted by Gasteiger charge is -2.19. The lowest BCUT2D eigenvalue weighted by atomic mass is 10.0. The van der Waals surface area contributed by atoms with E-state index in [9.17, 15) is 9.90 Å². The van der Waals surface area contributed by atoms with E-state index in [0.29, 0.717) is 49.1 Å². The second-order valence-corrected chi connectivity index (χ2v) is 10.4. The summed E-state index contributed by atoms with van der Waals surface area (Å²) in [5.41, 5.74) is 3.99. The van der Waals surface area contributed by atoms with Crippen LogP contribution in [0.25, 0.3) is 6.08 Å². The number of carbonyl (C=O) groups is 1. The van der Waals surface area contributed by atoms with E-state index in [1.54, 1.807) is 20.3 Å². The molecular weight excluding hydrogens is 556 g/mol. The van der Waals surface area contributed by atoms with Crippen LogP contribution in [-0.2, 0) is 29.2 Å². The maximum absolute atomic E-state index is 11.8. The highest BCUT2D eigenvalue weighted by Crippen LogP contribution is 2.31. The average Bonchev–Trinajstić information content (AvgIpc) is 3.05. The number of ether oxygens (including phenoxy) is 5. The first-order valence-electron chi connectivity index (χ1n) is 14.7. The maximum atomic E-state index is 11.8. The topological polar surface area (TPSA) is 83.5 Å². The molecule has 4 aromatic carbocycles. The number of aryl methyl sites for hydroxylation is 1. The highest BCUT2D eigenvalue weighted by Gasteiger charge is 2.17. The average molecular weight is 597 g/mol. The molecule has 2 atom stereocenters. The third-order valence-corrected chi connectivity index (χ3v) is 6.99. The van der Waals surface area contributed by atoms with Gasteiger partial charge in [-0.25, -0.2) is 0 Å². The van der Waals surface area contributed by atoms with E-state index in [1.165, 1.54) is 6.92 Å². The number of carbonyl (C=O) groups excluding carboxylic acids is 1. The Balaban J connectivity index is 1.32. The highest BCUT2D eigenvalue weighted by atomic mass is 16.5. The van der Waals surface area contributed by atoms with Crippen LogP contribution in [-0.4, -0.2) is 37.5 Å². The molecule has 0 amide bonds. The van der Waals surface area contributed by atoms with Crippen LogP contribution in [0, 0.1) is 0 Å². The zero-order valence-corrected chi connectivity index (χ0v) is 25.5. The van der Waals surface area contributed by atoms with Crippen molar-refractivity contribution < 1.29 is 33.6 Å². The molecule has 0 heterocycles. The van der Waals surface area contributed by atoms with Gasteiger partial charge < -0.3 is 28.8 Å². The number of rotatable bonds is 16. The SMILES string of the molecule is COc1cc(/C=C/[C@H](O)C[C@H](CCc2ccc(OCc3ccccc3)c(OC)c2)OC(C)=O)ccc1OCc1ccccc1. The Labute approximate surface area is 259 Å². The van der Waals surface area contributed by atoms with Gasteiger partial charge in [0.1, 0.15) is 19.3 Å². The van der Waals surface area contributed by atoms with Crippen LogP contribution >= 0.6 is 0 Å². The first kappa shape index (κ1) is 32.2. The van der Waals surface area contributed by atoms with Gasteiger partial charge in [0.2, 0.25) is 0 Å². The van der Waals surface area contributed by atoms with Gasteiger partial charge >= 0.3 is 5.97 Å². The van der Waals surface area contributed by atoms with Crippen LogP contribution in [0.4, 0.5) is 0 Å². The van der Waals surface area contributed by atoms with Gasteiger partial charge in [0.05, 0.1) is 20.3 Å². The van der Waals surface area contributed by atoms with Crippen molar-refractivity contribution >= 4 is 12.0 Å². The highest BCUT2D eigenvalue weighted by molar-refractivity contribution is 5.66. The van der Waals surface area contributed by atoms with Crippen LogP contribution in [0.1, 0.15) is 42.0 Å². The maximum Gasteiger partial charge on any atom is 0.302 e. The molecule has 0 bridgehead atoms. The lowest BCUT2D eigenvalue weighted by molar-refractivity contribution is -0.147. The zero-order valence-electron chi connectivity index (χ0n) is 25.5. The number of hydrogen-bond donors (Lipinski definition) is 1. The fraction of sp³-hybridized carbons (Fsp3) is 0.270. The van der Waals surface area contributed by atoms with Gasteiger partial charge in [0, 0.05) is 13.3 Å². The zero-order chi connectivity index (χ0) is 31.1. The Morgan fingerprint density at radius 3 is 1.86 bits per heavy atom. The Bertz CT molecular complexity index is 1480. The smallest absolute Gasteiger partial charge is 0.302 e. The van der Waals surface area contributed by atoms with Gasteiger partial charge in [-0.05, 0) is 59.4 Å². The van der Waals surface area contributed by atoms with Crippen molar-refractivity contribution in [2.45, 2.75) is 51.6 Å².